The smallest absolute Gasteiger partial charge is 0.289 e. The van der Waals surface area contributed by atoms with Crippen LogP contribution in [0.25, 0.3) is 11.0 Å². The van der Waals surface area contributed by atoms with E-state index in [9.17, 15) is 14.0 Å². The zero-order valence-electron chi connectivity index (χ0n) is 15.4. The van der Waals surface area contributed by atoms with Crippen LogP contribution in [0.15, 0.2) is 41.0 Å². The zero-order chi connectivity index (χ0) is 19.5. The van der Waals surface area contributed by atoms with Crippen molar-refractivity contribution in [1.82, 2.24) is 19.8 Å². The van der Waals surface area contributed by atoms with Crippen LogP contribution in [0, 0.1) is 5.82 Å². The number of nitrogens with zero attached hydrogens (tertiary/aromatic N) is 3. The summed E-state index contributed by atoms with van der Waals surface area (Å²) < 4.78 is 18.5. The largest absolute Gasteiger partial charge is 0.459 e. The molecule has 3 heterocycles. The van der Waals surface area contributed by atoms with Gasteiger partial charge in [-0.2, -0.15) is 0 Å². The highest BCUT2D eigenvalue weighted by molar-refractivity contribution is 5.91. The number of amides is 2. The molecule has 1 aromatic carbocycles. The molecule has 2 amide bonds. The summed E-state index contributed by atoms with van der Waals surface area (Å²) in [4.78, 5) is 36.0. The van der Waals surface area contributed by atoms with E-state index in [1.165, 1.54) is 18.4 Å². The van der Waals surface area contributed by atoms with Gasteiger partial charge in [-0.25, -0.2) is 9.37 Å². The Morgan fingerprint density at radius 3 is 2.79 bits per heavy atom. The van der Waals surface area contributed by atoms with E-state index in [4.69, 9.17) is 4.42 Å². The number of rotatable bonds is 4. The molecule has 0 atom stereocenters. The van der Waals surface area contributed by atoms with Crippen LogP contribution in [-0.2, 0) is 11.2 Å². The maximum absolute atomic E-state index is 13.3. The quantitative estimate of drug-likeness (QED) is 0.750. The number of aromatic nitrogens is 2. The molecule has 1 aliphatic rings. The summed E-state index contributed by atoms with van der Waals surface area (Å²) in [7, 11) is 0. The van der Waals surface area contributed by atoms with Crippen molar-refractivity contribution in [3.8, 4) is 0 Å². The molecule has 0 aliphatic carbocycles. The maximum Gasteiger partial charge on any atom is 0.289 e. The third kappa shape index (κ3) is 3.90. The van der Waals surface area contributed by atoms with Crippen molar-refractivity contribution in [1.29, 1.82) is 0 Å². The first kappa shape index (κ1) is 18.2. The van der Waals surface area contributed by atoms with Gasteiger partial charge in [-0.1, -0.05) is 0 Å². The van der Waals surface area contributed by atoms with Crippen LogP contribution in [0.4, 0.5) is 4.39 Å². The molecule has 0 bridgehead atoms. The monoisotopic (exact) mass is 384 g/mol. The van der Waals surface area contributed by atoms with Crippen molar-refractivity contribution in [2.24, 2.45) is 0 Å². The molecule has 1 fully saturated rings. The number of carbonyl (C=O) groups excluding carboxylic acids is 2. The number of benzene rings is 1. The number of fused-ring (bicyclic) bond motifs is 1. The Kier molecular flexibility index (Phi) is 5.10. The molecule has 1 N–H and O–H groups in total. The topological polar surface area (TPSA) is 82.4 Å². The first-order chi connectivity index (χ1) is 13.6. The molecule has 3 aromatic rings. The first-order valence-corrected chi connectivity index (χ1v) is 9.35. The van der Waals surface area contributed by atoms with Gasteiger partial charge in [0.1, 0.15) is 11.6 Å². The number of nitrogens with one attached hydrogen (secondary N) is 1. The predicted molar refractivity (Wildman–Crippen MR) is 100 cm³/mol. The third-order valence-electron chi connectivity index (χ3n) is 4.94. The first-order valence-electron chi connectivity index (χ1n) is 9.35. The van der Waals surface area contributed by atoms with Gasteiger partial charge in [0.15, 0.2) is 5.76 Å². The number of imidazole rings is 1. The van der Waals surface area contributed by atoms with Crippen molar-refractivity contribution in [3.63, 3.8) is 0 Å². The average Bonchev–Trinajstić information content (AvgIpc) is 3.29. The Bertz CT molecular complexity index is 983. The van der Waals surface area contributed by atoms with Crippen LogP contribution in [0.1, 0.15) is 29.2 Å². The van der Waals surface area contributed by atoms with Crippen molar-refractivity contribution in [2.45, 2.75) is 19.3 Å². The highest BCUT2D eigenvalue weighted by atomic mass is 19.1. The van der Waals surface area contributed by atoms with E-state index in [2.05, 4.69) is 9.97 Å². The summed E-state index contributed by atoms with van der Waals surface area (Å²) in [5.74, 6) is 0.546. The van der Waals surface area contributed by atoms with Crippen LogP contribution in [0.2, 0.25) is 0 Å². The molecule has 1 saturated heterocycles. The molecule has 28 heavy (non-hydrogen) atoms. The van der Waals surface area contributed by atoms with Gasteiger partial charge < -0.3 is 19.2 Å². The number of hydrogen-bond acceptors (Lipinski definition) is 4. The Morgan fingerprint density at radius 2 is 1.96 bits per heavy atom. The predicted octanol–water partition coefficient (Wildman–Crippen LogP) is 2.60. The SMILES string of the molecule is O=C(CCc1nc2ccc(F)cc2[nH]1)N1CCCN(C(=O)c2ccco2)CC1. The summed E-state index contributed by atoms with van der Waals surface area (Å²) in [6, 6.07) is 7.72. The van der Waals surface area contributed by atoms with E-state index in [-0.39, 0.29) is 17.6 Å². The van der Waals surface area contributed by atoms with Crippen LogP contribution in [0.3, 0.4) is 0 Å². The van der Waals surface area contributed by atoms with E-state index in [0.29, 0.717) is 61.6 Å². The Balaban J connectivity index is 1.32. The standard InChI is InChI=1S/C20H21FN4O3/c21-14-4-5-15-16(13-14)23-18(22-15)6-7-19(26)24-8-2-9-25(11-10-24)20(27)17-3-1-12-28-17/h1,3-5,12-13H,2,6-11H2,(H,22,23). The number of hydrogen-bond donors (Lipinski definition) is 1. The minimum atomic E-state index is -0.322. The number of carbonyl (C=O) groups is 2. The van der Waals surface area contributed by atoms with Crippen molar-refractivity contribution in [2.75, 3.05) is 26.2 Å². The second kappa shape index (κ2) is 7.84. The fraction of sp³-hybridized carbons (Fsp3) is 0.350. The second-order valence-electron chi connectivity index (χ2n) is 6.85. The molecule has 8 heteroatoms. The lowest BCUT2D eigenvalue weighted by atomic mass is 10.2. The summed E-state index contributed by atoms with van der Waals surface area (Å²) >= 11 is 0. The second-order valence-corrected chi connectivity index (χ2v) is 6.85. The van der Waals surface area contributed by atoms with E-state index in [1.807, 2.05) is 0 Å². The van der Waals surface area contributed by atoms with Gasteiger partial charge in [0, 0.05) is 39.0 Å². The maximum atomic E-state index is 13.3. The molecule has 0 saturated carbocycles. The third-order valence-corrected chi connectivity index (χ3v) is 4.94. The van der Waals surface area contributed by atoms with E-state index in [0.717, 1.165) is 6.42 Å². The van der Waals surface area contributed by atoms with Gasteiger partial charge in [0.25, 0.3) is 5.91 Å². The molecule has 0 radical (unpaired) electrons. The fourth-order valence-corrected chi connectivity index (χ4v) is 3.46. The summed E-state index contributed by atoms with van der Waals surface area (Å²) in [6.07, 6.45) is 2.98. The molecular formula is C20H21FN4O3. The van der Waals surface area contributed by atoms with Crippen LogP contribution in [0.5, 0.6) is 0 Å². The molecule has 0 unspecified atom stereocenters. The normalized spacial score (nSPS) is 15.0. The lowest BCUT2D eigenvalue weighted by Crippen LogP contribution is -2.37. The number of aromatic amines is 1. The van der Waals surface area contributed by atoms with Gasteiger partial charge in [-0.3, -0.25) is 9.59 Å². The Labute approximate surface area is 161 Å². The lowest BCUT2D eigenvalue weighted by Gasteiger charge is -2.21. The Morgan fingerprint density at radius 1 is 1.14 bits per heavy atom. The molecule has 1 aliphatic heterocycles. The van der Waals surface area contributed by atoms with Gasteiger partial charge in [-0.15, -0.1) is 0 Å². The van der Waals surface area contributed by atoms with Gasteiger partial charge in [-0.05, 0) is 36.8 Å². The average molecular weight is 384 g/mol. The summed E-state index contributed by atoms with van der Waals surface area (Å²) in [5, 5.41) is 0. The molecule has 4 rings (SSSR count). The minimum absolute atomic E-state index is 0.0268. The van der Waals surface area contributed by atoms with E-state index < -0.39 is 0 Å². The highest BCUT2D eigenvalue weighted by Crippen LogP contribution is 2.15. The molecule has 7 nitrogen and oxygen atoms in total. The number of H-pyrrole nitrogens is 1. The molecular weight excluding hydrogens is 363 g/mol. The van der Waals surface area contributed by atoms with Crippen LogP contribution >= 0.6 is 0 Å². The lowest BCUT2D eigenvalue weighted by molar-refractivity contribution is -0.131. The van der Waals surface area contributed by atoms with Crippen molar-refractivity contribution < 1.29 is 18.4 Å². The Hall–Kier alpha value is -3.16. The number of halogens is 1. The van der Waals surface area contributed by atoms with Crippen molar-refractivity contribution >= 4 is 22.8 Å². The molecule has 2 aromatic heterocycles. The highest BCUT2D eigenvalue weighted by Gasteiger charge is 2.24. The van der Waals surface area contributed by atoms with E-state index in [1.54, 1.807) is 28.0 Å². The van der Waals surface area contributed by atoms with Gasteiger partial charge in [0.2, 0.25) is 5.91 Å². The van der Waals surface area contributed by atoms with Gasteiger partial charge in [0.05, 0.1) is 17.3 Å². The van der Waals surface area contributed by atoms with Gasteiger partial charge >= 0.3 is 0 Å². The number of aryl methyl sites for hydroxylation is 1. The van der Waals surface area contributed by atoms with Crippen molar-refractivity contribution in [3.05, 3.63) is 54.0 Å². The van der Waals surface area contributed by atoms with Crippen LogP contribution < -0.4 is 0 Å². The number of furan rings is 1. The van der Waals surface area contributed by atoms with Crippen LogP contribution in [-0.4, -0.2) is 57.8 Å². The van der Waals surface area contributed by atoms with E-state index >= 15 is 0 Å². The summed E-state index contributed by atoms with van der Waals surface area (Å²) in [5.41, 5.74) is 1.31. The minimum Gasteiger partial charge on any atom is -0.459 e. The molecule has 0 spiro atoms. The fourth-order valence-electron chi connectivity index (χ4n) is 3.46. The molecule has 146 valence electrons. The summed E-state index contributed by atoms with van der Waals surface area (Å²) in [6.45, 7) is 2.19. The zero-order valence-corrected chi connectivity index (χ0v) is 15.4.